The van der Waals surface area contributed by atoms with Crippen LogP contribution >= 0.6 is 31.9 Å². The Labute approximate surface area is 132 Å². The second-order valence-corrected chi connectivity index (χ2v) is 7.07. The van der Waals surface area contributed by atoms with Gasteiger partial charge in [0.15, 0.2) is 0 Å². The molecule has 1 aliphatic carbocycles. The van der Waals surface area contributed by atoms with Crippen molar-refractivity contribution >= 4 is 37.5 Å². The Kier molecular flexibility index (Phi) is 4.50. The molecule has 4 heteroatoms. The van der Waals surface area contributed by atoms with Gasteiger partial charge in [-0.1, -0.05) is 22.0 Å². The van der Waals surface area contributed by atoms with Crippen molar-refractivity contribution in [1.82, 2.24) is 4.90 Å². The van der Waals surface area contributed by atoms with E-state index in [9.17, 15) is 0 Å². The second kappa shape index (κ2) is 6.15. The predicted octanol–water partition coefficient (Wildman–Crippen LogP) is 3.88. The molecule has 0 radical (unpaired) electrons. The van der Waals surface area contributed by atoms with Crippen molar-refractivity contribution in [3.63, 3.8) is 0 Å². The largest absolute Gasteiger partial charge is 0.368 e. The minimum atomic E-state index is 0.918. The summed E-state index contributed by atoms with van der Waals surface area (Å²) in [6.07, 6.45) is 2.92. The first-order valence-electron chi connectivity index (χ1n) is 7.08. The van der Waals surface area contributed by atoms with E-state index in [-0.39, 0.29) is 0 Å². The molecule has 1 saturated carbocycles. The number of benzene rings is 1. The van der Waals surface area contributed by atoms with Gasteiger partial charge in [-0.3, -0.25) is 4.90 Å². The first-order chi connectivity index (χ1) is 9.26. The lowest BCUT2D eigenvalue weighted by Crippen LogP contribution is -2.47. The predicted molar refractivity (Wildman–Crippen MR) is 88.2 cm³/mol. The van der Waals surface area contributed by atoms with Gasteiger partial charge in [0.25, 0.3) is 0 Å². The zero-order valence-electron chi connectivity index (χ0n) is 11.1. The maximum Gasteiger partial charge on any atom is 0.0511 e. The molecular weight excluding hydrogens is 368 g/mol. The van der Waals surface area contributed by atoms with Crippen molar-refractivity contribution < 1.29 is 0 Å². The van der Waals surface area contributed by atoms with E-state index in [0.29, 0.717) is 0 Å². The third-order valence-electron chi connectivity index (χ3n) is 4.09. The van der Waals surface area contributed by atoms with Gasteiger partial charge < -0.3 is 4.90 Å². The number of anilines is 1. The number of hydrogen-bond donors (Lipinski definition) is 0. The van der Waals surface area contributed by atoms with Gasteiger partial charge in [0.2, 0.25) is 0 Å². The maximum atomic E-state index is 3.71. The van der Waals surface area contributed by atoms with Crippen LogP contribution in [0.25, 0.3) is 0 Å². The average Bonchev–Trinajstić information content (AvgIpc) is 3.24. The van der Waals surface area contributed by atoms with Crippen LogP contribution < -0.4 is 4.90 Å². The van der Waals surface area contributed by atoms with Crippen molar-refractivity contribution in [1.29, 1.82) is 0 Å². The lowest BCUT2D eigenvalue weighted by atomic mass is 10.2. The Morgan fingerprint density at radius 3 is 2.42 bits per heavy atom. The molecule has 1 saturated heterocycles. The van der Waals surface area contributed by atoms with Crippen LogP contribution in [0.3, 0.4) is 0 Å². The highest BCUT2D eigenvalue weighted by atomic mass is 79.9. The molecular formula is C15H20Br2N2. The summed E-state index contributed by atoms with van der Waals surface area (Å²) >= 11 is 7.22. The zero-order chi connectivity index (χ0) is 13.2. The van der Waals surface area contributed by atoms with Gasteiger partial charge in [0.05, 0.1) is 5.69 Å². The molecule has 19 heavy (non-hydrogen) atoms. The first-order valence-corrected chi connectivity index (χ1v) is 8.99. The van der Waals surface area contributed by atoms with Gasteiger partial charge in [0.1, 0.15) is 0 Å². The smallest absolute Gasteiger partial charge is 0.0511 e. The summed E-state index contributed by atoms with van der Waals surface area (Å²) < 4.78 is 1.22. The molecule has 1 heterocycles. The summed E-state index contributed by atoms with van der Waals surface area (Å²) in [6.45, 7) is 6.06. The van der Waals surface area contributed by atoms with Crippen molar-refractivity contribution in [2.75, 3.05) is 37.6 Å². The fraction of sp³-hybridized carbons (Fsp3) is 0.600. The van der Waals surface area contributed by atoms with E-state index in [1.54, 1.807) is 0 Å². The summed E-state index contributed by atoms with van der Waals surface area (Å²) in [5, 5.41) is 0.918. The number of nitrogens with zero attached hydrogens (tertiary/aromatic N) is 2. The molecule has 1 aromatic carbocycles. The molecule has 2 fully saturated rings. The lowest BCUT2D eigenvalue weighted by molar-refractivity contribution is 0.248. The molecule has 0 aromatic heterocycles. The van der Waals surface area contributed by atoms with E-state index < -0.39 is 0 Å². The SMILES string of the molecule is BrCc1ccc(N2CCN(CC3CC3)CC2)c(Br)c1. The lowest BCUT2D eigenvalue weighted by Gasteiger charge is -2.36. The number of rotatable bonds is 4. The topological polar surface area (TPSA) is 6.48 Å². The third kappa shape index (κ3) is 3.53. The van der Waals surface area contributed by atoms with Crippen LogP contribution in [-0.2, 0) is 5.33 Å². The molecule has 0 spiro atoms. The molecule has 0 amide bonds. The van der Waals surface area contributed by atoms with Gasteiger partial charge >= 0.3 is 0 Å². The molecule has 0 unspecified atom stereocenters. The highest BCUT2D eigenvalue weighted by Crippen LogP contribution is 2.31. The zero-order valence-corrected chi connectivity index (χ0v) is 14.3. The van der Waals surface area contributed by atoms with Crippen LogP contribution in [0.2, 0.25) is 0 Å². The Bertz CT molecular complexity index is 438. The Morgan fingerprint density at radius 2 is 1.84 bits per heavy atom. The number of halogens is 2. The molecule has 104 valence electrons. The number of piperazine rings is 1. The van der Waals surface area contributed by atoms with Crippen LogP contribution in [0.4, 0.5) is 5.69 Å². The molecule has 2 nitrogen and oxygen atoms in total. The van der Waals surface area contributed by atoms with Crippen LogP contribution in [0.5, 0.6) is 0 Å². The van der Waals surface area contributed by atoms with E-state index in [0.717, 1.165) is 24.3 Å². The quantitative estimate of drug-likeness (QED) is 0.723. The van der Waals surface area contributed by atoms with Gasteiger partial charge in [-0.25, -0.2) is 0 Å². The van der Waals surface area contributed by atoms with Crippen molar-refractivity contribution in [3.05, 3.63) is 28.2 Å². The Morgan fingerprint density at radius 1 is 1.11 bits per heavy atom. The summed E-state index contributed by atoms with van der Waals surface area (Å²) in [5.41, 5.74) is 2.67. The van der Waals surface area contributed by atoms with Crippen LogP contribution in [0.1, 0.15) is 18.4 Å². The Balaban J connectivity index is 1.60. The Hall–Kier alpha value is -0.0600. The molecule has 2 aliphatic rings. The van der Waals surface area contributed by atoms with E-state index >= 15 is 0 Å². The summed E-state index contributed by atoms with van der Waals surface area (Å²) in [5.74, 6) is 1.01. The molecule has 0 atom stereocenters. The maximum absolute atomic E-state index is 3.71. The van der Waals surface area contributed by atoms with Gasteiger partial charge in [-0.2, -0.15) is 0 Å². The van der Waals surface area contributed by atoms with Crippen LogP contribution in [0.15, 0.2) is 22.7 Å². The van der Waals surface area contributed by atoms with Crippen LogP contribution in [-0.4, -0.2) is 37.6 Å². The monoisotopic (exact) mass is 386 g/mol. The molecule has 1 aliphatic heterocycles. The minimum Gasteiger partial charge on any atom is -0.368 e. The highest BCUT2D eigenvalue weighted by molar-refractivity contribution is 9.10. The summed E-state index contributed by atoms with van der Waals surface area (Å²) in [6, 6.07) is 6.68. The fourth-order valence-corrected chi connectivity index (χ4v) is 3.75. The fourth-order valence-electron chi connectivity index (χ4n) is 2.73. The van der Waals surface area contributed by atoms with E-state index in [1.165, 1.54) is 48.2 Å². The number of hydrogen-bond acceptors (Lipinski definition) is 2. The standard InChI is InChI=1S/C15H20Br2N2/c16-10-13-3-4-15(14(17)9-13)19-7-5-18(6-8-19)11-12-1-2-12/h3-4,9,12H,1-2,5-8,10-11H2. The van der Waals surface area contributed by atoms with Gasteiger partial charge in [-0.05, 0) is 52.4 Å². The molecule has 1 aromatic rings. The van der Waals surface area contributed by atoms with E-state index in [4.69, 9.17) is 0 Å². The summed E-state index contributed by atoms with van der Waals surface area (Å²) in [7, 11) is 0. The van der Waals surface area contributed by atoms with Gasteiger partial charge in [0, 0.05) is 42.5 Å². The second-order valence-electron chi connectivity index (χ2n) is 5.65. The molecule has 0 bridgehead atoms. The molecule has 0 N–H and O–H groups in total. The van der Waals surface area contributed by atoms with Gasteiger partial charge in [-0.15, -0.1) is 0 Å². The van der Waals surface area contributed by atoms with E-state index in [2.05, 4.69) is 59.9 Å². The van der Waals surface area contributed by atoms with E-state index in [1.807, 2.05) is 0 Å². The van der Waals surface area contributed by atoms with Crippen LogP contribution in [0, 0.1) is 5.92 Å². The third-order valence-corrected chi connectivity index (χ3v) is 5.38. The highest BCUT2D eigenvalue weighted by Gasteiger charge is 2.26. The minimum absolute atomic E-state index is 0.918. The normalized spacial score (nSPS) is 20.8. The van der Waals surface area contributed by atoms with Crippen molar-refractivity contribution in [2.24, 2.45) is 5.92 Å². The number of alkyl halides is 1. The average molecular weight is 388 g/mol. The molecule has 3 rings (SSSR count). The van der Waals surface area contributed by atoms with Crippen molar-refractivity contribution in [2.45, 2.75) is 18.2 Å². The first kappa shape index (κ1) is 13.9. The summed E-state index contributed by atoms with van der Waals surface area (Å²) in [4.78, 5) is 5.14. The van der Waals surface area contributed by atoms with Crippen molar-refractivity contribution in [3.8, 4) is 0 Å².